The van der Waals surface area contributed by atoms with Gasteiger partial charge in [-0.1, -0.05) is 46.1 Å². The van der Waals surface area contributed by atoms with Gasteiger partial charge in [0, 0.05) is 26.7 Å². The van der Waals surface area contributed by atoms with E-state index in [1.54, 1.807) is 27.0 Å². The number of rotatable bonds is 10. The van der Waals surface area contributed by atoms with Gasteiger partial charge in [-0.05, 0) is 32.9 Å². The molecule has 0 N–H and O–H groups in total. The molecular formula is C19H20Cl3N4O5PS. The fraction of sp³-hybridized carbons (Fsp3) is 0.368. The summed E-state index contributed by atoms with van der Waals surface area (Å²) in [6.45, 7) is 5.39. The molecule has 0 bridgehead atoms. The molecule has 0 saturated carbocycles. The lowest BCUT2D eigenvalue weighted by Gasteiger charge is -2.26. The van der Waals surface area contributed by atoms with E-state index in [1.807, 2.05) is 0 Å². The summed E-state index contributed by atoms with van der Waals surface area (Å²) in [4.78, 5) is 17.9. The third-order valence-electron chi connectivity index (χ3n) is 4.36. The minimum absolute atomic E-state index is 0.0553. The van der Waals surface area contributed by atoms with Crippen LogP contribution in [0.2, 0.25) is 14.5 Å². The predicted molar refractivity (Wildman–Crippen MR) is 126 cm³/mol. The second-order valence-corrected chi connectivity index (χ2v) is 11.2. The number of aromatic nitrogens is 4. The van der Waals surface area contributed by atoms with Crippen LogP contribution in [0.3, 0.4) is 0 Å². The zero-order chi connectivity index (χ0) is 24.2. The van der Waals surface area contributed by atoms with Gasteiger partial charge in [-0.2, -0.15) is 0 Å². The highest BCUT2D eigenvalue weighted by molar-refractivity contribution is 7.54. The van der Waals surface area contributed by atoms with Crippen molar-refractivity contribution in [2.75, 3.05) is 13.2 Å². The first-order chi connectivity index (χ1) is 15.7. The van der Waals surface area contributed by atoms with Crippen LogP contribution in [0.5, 0.6) is 0 Å². The molecule has 0 spiro atoms. The minimum Gasteiger partial charge on any atom is -0.439 e. The lowest BCUT2D eigenvalue weighted by Crippen LogP contribution is -2.17. The van der Waals surface area contributed by atoms with Crippen LogP contribution in [0.1, 0.15) is 46.3 Å². The first-order valence-corrected chi connectivity index (χ1v) is 13.3. The van der Waals surface area contributed by atoms with Crippen molar-refractivity contribution in [3.05, 3.63) is 60.7 Å². The van der Waals surface area contributed by atoms with Gasteiger partial charge in [-0.25, -0.2) is 14.5 Å². The smallest absolute Gasteiger partial charge is 0.375 e. The van der Waals surface area contributed by atoms with E-state index in [-0.39, 0.29) is 29.5 Å². The van der Waals surface area contributed by atoms with Gasteiger partial charge in [0.25, 0.3) is 0 Å². The maximum atomic E-state index is 13.6. The summed E-state index contributed by atoms with van der Waals surface area (Å²) in [7, 11) is -3.97. The van der Waals surface area contributed by atoms with E-state index < -0.39 is 19.4 Å². The average molecular weight is 554 g/mol. The quantitative estimate of drug-likeness (QED) is 0.217. The highest BCUT2D eigenvalue weighted by atomic mass is 35.5. The highest BCUT2D eigenvalue weighted by Crippen LogP contribution is 2.62. The Bertz CT molecular complexity index is 1180. The highest BCUT2D eigenvalue weighted by Gasteiger charge is 2.42. The van der Waals surface area contributed by atoms with Gasteiger partial charge in [-0.3, -0.25) is 4.57 Å². The Balaban J connectivity index is 1.94. The molecule has 3 aromatic rings. The number of thiazole rings is 1. The summed E-state index contributed by atoms with van der Waals surface area (Å²) < 4.78 is 32.0. The summed E-state index contributed by atoms with van der Waals surface area (Å²) in [5.41, 5.74) is 0.609. The Morgan fingerprint density at radius 2 is 1.91 bits per heavy atom. The number of hydrogen-bond donors (Lipinski definition) is 0. The molecule has 0 aliphatic carbocycles. The Morgan fingerprint density at radius 1 is 1.21 bits per heavy atom. The first kappa shape index (κ1) is 26.1. The van der Waals surface area contributed by atoms with E-state index in [1.165, 1.54) is 34.2 Å². The van der Waals surface area contributed by atoms with Crippen LogP contribution < -0.4 is 0 Å². The standard InChI is InChI=1S/C19H20Cl3N4O5PS/c1-4-29-32(28,30-5-2)18(14-7-6-12(20)8-15(14)21)31-17(27)16-11(3)26(25-24-16)10-13-9-23-19(22)33-13/h6-9,18H,4-5,10H2,1-3H3. The zero-order valence-corrected chi connectivity index (χ0v) is 21.8. The summed E-state index contributed by atoms with van der Waals surface area (Å²) in [6, 6.07) is 4.49. The molecular weight excluding hydrogens is 534 g/mol. The van der Waals surface area contributed by atoms with Gasteiger partial charge in [-0.15, -0.1) is 16.4 Å². The molecule has 0 aliphatic rings. The molecule has 2 aromatic heterocycles. The Hall–Kier alpha value is -1.52. The van der Waals surface area contributed by atoms with E-state index in [9.17, 15) is 9.36 Å². The normalized spacial score (nSPS) is 12.7. The third-order valence-corrected chi connectivity index (χ3v) is 8.22. The Labute approximate surface area is 209 Å². The maximum Gasteiger partial charge on any atom is 0.375 e. The van der Waals surface area contributed by atoms with Crippen molar-refractivity contribution in [2.45, 2.75) is 33.2 Å². The number of esters is 1. The molecule has 9 nitrogen and oxygen atoms in total. The van der Waals surface area contributed by atoms with Crippen molar-refractivity contribution in [1.29, 1.82) is 0 Å². The molecule has 3 rings (SSSR count). The summed E-state index contributed by atoms with van der Waals surface area (Å²) in [6.07, 6.45) is 1.62. The summed E-state index contributed by atoms with van der Waals surface area (Å²) in [5.74, 6) is -2.31. The van der Waals surface area contributed by atoms with Gasteiger partial charge in [0.15, 0.2) is 10.2 Å². The van der Waals surface area contributed by atoms with Gasteiger partial charge in [0.2, 0.25) is 5.85 Å². The molecule has 1 aromatic carbocycles. The zero-order valence-electron chi connectivity index (χ0n) is 17.8. The largest absolute Gasteiger partial charge is 0.439 e. The van der Waals surface area contributed by atoms with Gasteiger partial charge in [0.1, 0.15) is 0 Å². The second-order valence-electron chi connectivity index (χ2n) is 6.56. The van der Waals surface area contributed by atoms with Crippen LogP contribution in [0.15, 0.2) is 24.4 Å². The number of benzene rings is 1. The lowest BCUT2D eigenvalue weighted by atomic mass is 10.2. The molecule has 0 aliphatic heterocycles. The monoisotopic (exact) mass is 552 g/mol. The molecule has 0 fully saturated rings. The molecule has 1 atom stereocenters. The molecule has 0 saturated heterocycles. The van der Waals surface area contributed by atoms with Crippen LogP contribution in [-0.4, -0.2) is 39.2 Å². The van der Waals surface area contributed by atoms with Crippen molar-refractivity contribution < 1.29 is 23.1 Å². The van der Waals surface area contributed by atoms with E-state index in [2.05, 4.69) is 15.3 Å². The first-order valence-electron chi connectivity index (χ1n) is 9.73. The molecule has 14 heteroatoms. The van der Waals surface area contributed by atoms with Crippen LogP contribution in [0, 0.1) is 6.92 Å². The van der Waals surface area contributed by atoms with Crippen LogP contribution in [0.4, 0.5) is 0 Å². The minimum atomic E-state index is -3.97. The van der Waals surface area contributed by atoms with Crippen molar-refractivity contribution in [3.63, 3.8) is 0 Å². The maximum absolute atomic E-state index is 13.6. The van der Waals surface area contributed by atoms with Crippen LogP contribution in [0.25, 0.3) is 0 Å². The van der Waals surface area contributed by atoms with Crippen molar-refractivity contribution in [2.24, 2.45) is 0 Å². The number of halogens is 3. The van der Waals surface area contributed by atoms with E-state index in [4.69, 9.17) is 48.6 Å². The lowest BCUT2D eigenvalue weighted by molar-refractivity contribution is 0.0357. The molecule has 1 unspecified atom stereocenters. The van der Waals surface area contributed by atoms with E-state index >= 15 is 0 Å². The molecule has 2 heterocycles. The van der Waals surface area contributed by atoms with Gasteiger partial charge in [0.05, 0.1) is 25.5 Å². The molecule has 33 heavy (non-hydrogen) atoms. The van der Waals surface area contributed by atoms with Crippen molar-refractivity contribution >= 4 is 59.7 Å². The summed E-state index contributed by atoms with van der Waals surface area (Å²) in [5, 5.41) is 8.45. The fourth-order valence-electron chi connectivity index (χ4n) is 2.89. The van der Waals surface area contributed by atoms with Crippen LogP contribution >= 0.6 is 53.7 Å². The number of nitrogens with zero attached hydrogens (tertiary/aromatic N) is 4. The van der Waals surface area contributed by atoms with E-state index in [0.717, 1.165) is 4.88 Å². The average Bonchev–Trinajstić information content (AvgIpc) is 3.32. The number of ether oxygens (including phenoxy) is 1. The van der Waals surface area contributed by atoms with E-state index in [0.29, 0.717) is 21.7 Å². The number of carbonyl (C=O) groups is 1. The Kier molecular flexibility index (Phi) is 8.91. The predicted octanol–water partition coefficient (Wildman–Crippen LogP) is 6.17. The van der Waals surface area contributed by atoms with Gasteiger partial charge < -0.3 is 13.8 Å². The van der Waals surface area contributed by atoms with Crippen molar-refractivity contribution in [3.8, 4) is 0 Å². The second kappa shape index (κ2) is 11.3. The number of carbonyl (C=O) groups excluding carboxylic acids is 1. The third kappa shape index (κ3) is 6.14. The molecule has 0 radical (unpaired) electrons. The fourth-order valence-corrected chi connectivity index (χ4v) is 6.29. The van der Waals surface area contributed by atoms with Crippen molar-refractivity contribution in [1.82, 2.24) is 20.0 Å². The van der Waals surface area contributed by atoms with Crippen LogP contribution in [-0.2, 0) is 24.9 Å². The van der Waals surface area contributed by atoms with Gasteiger partial charge >= 0.3 is 13.6 Å². The topological polar surface area (TPSA) is 105 Å². The molecule has 178 valence electrons. The Morgan fingerprint density at radius 3 is 2.48 bits per heavy atom. The summed E-state index contributed by atoms with van der Waals surface area (Å²) >= 11 is 19.5. The SMILES string of the molecule is CCOP(=O)(OCC)C(OC(=O)c1nnn(Cc2cnc(Cl)s2)c1C)c1ccc(Cl)cc1Cl. The number of hydrogen-bond acceptors (Lipinski definition) is 9. The molecule has 0 amide bonds.